The Kier molecular flexibility index (Phi) is 2.80. The summed E-state index contributed by atoms with van der Waals surface area (Å²) >= 11 is 5.97. The minimum absolute atomic E-state index is 0.269. The number of ether oxygens (including phenoxy) is 1. The summed E-state index contributed by atoms with van der Waals surface area (Å²) in [6.07, 6.45) is 3.97. The van der Waals surface area contributed by atoms with Gasteiger partial charge in [0.15, 0.2) is 0 Å². The predicted molar refractivity (Wildman–Crippen MR) is 69.8 cm³/mol. The molecule has 1 fully saturated rings. The van der Waals surface area contributed by atoms with Gasteiger partial charge in [-0.05, 0) is 42.0 Å². The van der Waals surface area contributed by atoms with Crippen molar-refractivity contribution in [3.05, 3.63) is 28.8 Å². The van der Waals surface area contributed by atoms with Crippen LogP contribution in [0.25, 0.3) is 0 Å². The summed E-state index contributed by atoms with van der Waals surface area (Å²) in [5.74, 6) is 0.999. The van der Waals surface area contributed by atoms with E-state index in [4.69, 9.17) is 16.3 Å². The number of benzene rings is 1. The second-order valence-electron chi connectivity index (χ2n) is 5.64. The van der Waals surface area contributed by atoms with Gasteiger partial charge in [0.2, 0.25) is 0 Å². The van der Waals surface area contributed by atoms with E-state index in [1.807, 2.05) is 18.2 Å². The van der Waals surface area contributed by atoms with Crippen LogP contribution in [0.5, 0.6) is 5.75 Å². The van der Waals surface area contributed by atoms with E-state index in [1.54, 1.807) is 0 Å². The smallest absolute Gasteiger partial charge is 0.123 e. The monoisotopic (exact) mass is 251 g/mol. The fourth-order valence-electron chi connectivity index (χ4n) is 2.33. The van der Waals surface area contributed by atoms with Crippen LogP contribution >= 0.6 is 11.6 Å². The average molecular weight is 252 g/mol. The maximum absolute atomic E-state index is 5.97. The van der Waals surface area contributed by atoms with E-state index >= 15 is 0 Å². The molecular formula is C14H18ClNO. The van der Waals surface area contributed by atoms with E-state index < -0.39 is 0 Å². The Morgan fingerprint density at radius 2 is 2.29 bits per heavy atom. The van der Waals surface area contributed by atoms with Crippen molar-refractivity contribution < 1.29 is 4.74 Å². The maximum atomic E-state index is 5.97. The van der Waals surface area contributed by atoms with E-state index in [0.29, 0.717) is 5.41 Å². The van der Waals surface area contributed by atoms with Crippen LogP contribution in [0.3, 0.4) is 0 Å². The number of fused-ring (bicyclic) bond motifs is 1. The maximum Gasteiger partial charge on any atom is 0.123 e. The fourth-order valence-corrected chi connectivity index (χ4v) is 2.52. The summed E-state index contributed by atoms with van der Waals surface area (Å²) in [7, 11) is 0. The molecule has 3 heteroatoms. The number of rotatable bonds is 4. The van der Waals surface area contributed by atoms with Gasteiger partial charge < -0.3 is 10.1 Å². The lowest BCUT2D eigenvalue weighted by atomic mass is 10.1. The van der Waals surface area contributed by atoms with Gasteiger partial charge in [0, 0.05) is 24.5 Å². The zero-order chi connectivity index (χ0) is 11.9. The molecule has 1 unspecified atom stereocenters. The van der Waals surface area contributed by atoms with Crippen molar-refractivity contribution in [1.82, 2.24) is 5.32 Å². The van der Waals surface area contributed by atoms with Crippen LogP contribution in [0.15, 0.2) is 18.2 Å². The van der Waals surface area contributed by atoms with E-state index in [0.717, 1.165) is 30.3 Å². The third-order valence-electron chi connectivity index (χ3n) is 3.79. The highest BCUT2D eigenvalue weighted by atomic mass is 35.5. The molecule has 1 aromatic carbocycles. The minimum Gasteiger partial charge on any atom is -0.488 e. The van der Waals surface area contributed by atoms with Crippen LogP contribution in [-0.2, 0) is 6.42 Å². The first-order chi connectivity index (χ1) is 8.15. The summed E-state index contributed by atoms with van der Waals surface area (Å²) in [6, 6.07) is 5.88. The molecule has 1 aliphatic heterocycles. The molecule has 3 rings (SSSR count). The number of nitrogens with one attached hydrogen (secondary N) is 1. The van der Waals surface area contributed by atoms with Crippen LogP contribution in [-0.4, -0.2) is 19.2 Å². The summed E-state index contributed by atoms with van der Waals surface area (Å²) in [4.78, 5) is 0. The van der Waals surface area contributed by atoms with Crippen LogP contribution in [0.1, 0.15) is 25.3 Å². The summed E-state index contributed by atoms with van der Waals surface area (Å²) < 4.78 is 5.88. The van der Waals surface area contributed by atoms with Crippen molar-refractivity contribution in [2.24, 2.45) is 5.41 Å². The molecule has 0 aromatic heterocycles. The number of halogens is 1. The van der Waals surface area contributed by atoms with Crippen LogP contribution in [0.2, 0.25) is 5.02 Å². The molecule has 0 amide bonds. The number of hydrogen-bond acceptors (Lipinski definition) is 2. The standard InChI is InChI=1S/C14H18ClNO/c1-14(4-5-14)9-16-8-12-7-10-6-11(15)2-3-13(10)17-12/h2-3,6,12,16H,4-5,7-9H2,1H3. The topological polar surface area (TPSA) is 21.3 Å². The van der Waals surface area contributed by atoms with E-state index in [1.165, 1.54) is 18.4 Å². The number of hydrogen-bond donors (Lipinski definition) is 1. The lowest BCUT2D eigenvalue weighted by Crippen LogP contribution is -2.33. The molecule has 0 spiro atoms. The molecule has 0 radical (unpaired) electrons. The predicted octanol–water partition coefficient (Wildman–Crippen LogP) is 3.03. The Morgan fingerprint density at radius 1 is 1.47 bits per heavy atom. The van der Waals surface area contributed by atoms with Gasteiger partial charge in [0.05, 0.1) is 0 Å². The zero-order valence-electron chi connectivity index (χ0n) is 10.1. The lowest BCUT2D eigenvalue weighted by molar-refractivity contribution is 0.224. The van der Waals surface area contributed by atoms with Gasteiger partial charge in [-0.25, -0.2) is 0 Å². The Labute approximate surface area is 107 Å². The first-order valence-electron chi connectivity index (χ1n) is 6.30. The van der Waals surface area contributed by atoms with E-state index in [9.17, 15) is 0 Å². The first-order valence-corrected chi connectivity index (χ1v) is 6.68. The Balaban J connectivity index is 1.51. The molecule has 1 aromatic rings. The zero-order valence-corrected chi connectivity index (χ0v) is 10.9. The third kappa shape index (κ3) is 2.58. The summed E-state index contributed by atoms with van der Waals surface area (Å²) in [6.45, 7) is 4.38. The molecule has 17 heavy (non-hydrogen) atoms. The highest BCUT2D eigenvalue weighted by Gasteiger charge is 2.36. The van der Waals surface area contributed by atoms with Crippen molar-refractivity contribution in [2.45, 2.75) is 32.3 Å². The van der Waals surface area contributed by atoms with E-state index in [-0.39, 0.29) is 6.10 Å². The highest BCUT2D eigenvalue weighted by Crippen LogP contribution is 2.44. The first kappa shape index (κ1) is 11.4. The molecule has 1 heterocycles. The normalized spacial score (nSPS) is 24.2. The van der Waals surface area contributed by atoms with Crippen molar-refractivity contribution in [2.75, 3.05) is 13.1 Å². The van der Waals surface area contributed by atoms with Gasteiger partial charge >= 0.3 is 0 Å². The summed E-state index contributed by atoms with van der Waals surface area (Å²) in [5, 5.41) is 4.32. The van der Waals surface area contributed by atoms with Crippen molar-refractivity contribution in [3.63, 3.8) is 0 Å². The van der Waals surface area contributed by atoms with Gasteiger partial charge in [-0.3, -0.25) is 0 Å². The molecule has 1 saturated carbocycles. The van der Waals surface area contributed by atoms with Crippen LogP contribution < -0.4 is 10.1 Å². The average Bonchev–Trinajstić information content (AvgIpc) is 2.88. The van der Waals surface area contributed by atoms with Gasteiger partial charge in [0.25, 0.3) is 0 Å². The molecular weight excluding hydrogens is 234 g/mol. The Hall–Kier alpha value is -0.730. The minimum atomic E-state index is 0.269. The van der Waals surface area contributed by atoms with Crippen LogP contribution in [0, 0.1) is 5.41 Å². The molecule has 1 N–H and O–H groups in total. The molecule has 2 aliphatic rings. The second kappa shape index (κ2) is 4.18. The van der Waals surface area contributed by atoms with Gasteiger partial charge in [-0.2, -0.15) is 0 Å². The molecule has 1 atom stereocenters. The summed E-state index contributed by atoms with van der Waals surface area (Å²) in [5.41, 5.74) is 1.80. The second-order valence-corrected chi connectivity index (χ2v) is 6.07. The Morgan fingerprint density at radius 3 is 3.06 bits per heavy atom. The SMILES string of the molecule is CC1(CNCC2Cc3cc(Cl)ccc3O2)CC1. The quantitative estimate of drug-likeness (QED) is 0.888. The van der Waals surface area contributed by atoms with Crippen molar-refractivity contribution in [3.8, 4) is 5.75 Å². The van der Waals surface area contributed by atoms with E-state index in [2.05, 4.69) is 12.2 Å². The largest absolute Gasteiger partial charge is 0.488 e. The molecule has 0 saturated heterocycles. The molecule has 0 bridgehead atoms. The van der Waals surface area contributed by atoms with Gasteiger partial charge in [0.1, 0.15) is 11.9 Å². The Bertz CT molecular complexity index is 428. The highest BCUT2D eigenvalue weighted by molar-refractivity contribution is 6.30. The fraction of sp³-hybridized carbons (Fsp3) is 0.571. The van der Waals surface area contributed by atoms with Crippen molar-refractivity contribution >= 4 is 11.6 Å². The third-order valence-corrected chi connectivity index (χ3v) is 4.03. The van der Waals surface area contributed by atoms with Gasteiger partial charge in [-0.1, -0.05) is 18.5 Å². The lowest BCUT2D eigenvalue weighted by Gasteiger charge is -2.14. The van der Waals surface area contributed by atoms with Crippen LogP contribution in [0.4, 0.5) is 0 Å². The molecule has 92 valence electrons. The van der Waals surface area contributed by atoms with Crippen molar-refractivity contribution in [1.29, 1.82) is 0 Å². The molecule has 2 nitrogen and oxygen atoms in total. The van der Waals surface area contributed by atoms with Gasteiger partial charge in [-0.15, -0.1) is 0 Å². The molecule has 1 aliphatic carbocycles.